The molecular formula is C14H19N3. The van der Waals surface area contributed by atoms with Gasteiger partial charge in [-0.15, -0.1) is 0 Å². The van der Waals surface area contributed by atoms with Crippen molar-refractivity contribution >= 4 is 5.95 Å². The second-order valence-corrected chi connectivity index (χ2v) is 4.51. The number of hydrogen-bond donors (Lipinski definition) is 2. The van der Waals surface area contributed by atoms with Gasteiger partial charge in [-0.1, -0.05) is 23.8 Å². The summed E-state index contributed by atoms with van der Waals surface area (Å²) in [5.41, 5.74) is 6.22. The smallest absolute Gasteiger partial charge is 0.200 e. The zero-order valence-electron chi connectivity index (χ0n) is 10.9. The normalized spacial score (nSPS) is 10.6. The van der Waals surface area contributed by atoms with Crippen molar-refractivity contribution in [2.75, 3.05) is 12.4 Å². The first-order chi connectivity index (χ1) is 8.10. The topological polar surface area (TPSA) is 40.7 Å². The maximum absolute atomic E-state index is 4.52. The number of aromatic nitrogens is 2. The van der Waals surface area contributed by atoms with Crippen LogP contribution in [0.3, 0.4) is 0 Å². The number of rotatable bonds is 3. The highest BCUT2D eigenvalue weighted by Gasteiger charge is 2.08. The van der Waals surface area contributed by atoms with E-state index in [0.717, 1.165) is 23.8 Å². The Balaban J connectivity index is 2.27. The zero-order chi connectivity index (χ0) is 12.4. The van der Waals surface area contributed by atoms with Crippen LogP contribution in [0, 0.1) is 20.8 Å². The number of nitrogens with one attached hydrogen (secondary N) is 2. The molecule has 1 aromatic heterocycles. The summed E-state index contributed by atoms with van der Waals surface area (Å²) in [6.07, 6.45) is 0.885. The van der Waals surface area contributed by atoms with Crippen molar-refractivity contribution in [2.24, 2.45) is 0 Å². The number of hydrogen-bond acceptors (Lipinski definition) is 2. The highest BCUT2D eigenvalue weighted by atomic mass is 15.1. The van der Waals surface area contributed by atoms with Gasteiger partial charge in [-0.3, -0.25) is 0 Å². The highest BCUT2D eigenvalue weighted by Crippen LogP contribution is 2.17. The molecule has 0 amide bonds. The van der Waals surface area contributed by atoms with Crippen LogP contribution in [0.5, 0.6) is 0 Å². The van der Waals surface area contributed by atoms with Gasteiger partial charge in [-0.2, -0.15) is 0 Å². The maximum Gasteiger partial charge on any atom is 0.200 e. The number of imidazole rings is 1. The summed E-state index contributed by atoms with van der Waals surface area (Å²) < 4.78 is 0. The molecule has 3 heteroatoms. The van der Waals surface area contributed by atoms with Crippen LogP contribution in [0.1, 0.15) is 28.1 Å². The summed E-state index contributed by atoms with van der Waals surface area (Å²) in [4.78, 5) is 7.74. The molecule has 0 radical (unpaired) electrons. The van der Waals surface area contributed by atoms with Gasteiger partial charge in [0.15, 0.2) is 5.95 Å². The van der Waals surface area contributed by atoms with E-state index >= 15 is 0 Å². The number of aryl methyl sites for hydroxylation is 3. The number of anilines is 1. The van der Waals surface area contributed by atoms with Crippen LogP contribution in [-0.2, 0) is 6.42 Å². The predicted octanol–water partition coefficient (Wildman–Crippen LogP) is 2.97. The molecule has 0 unspecified atom stereocenters. The molecule has 0 saturated carbocycles. The molecule has 2 rings (SSSR count). The fourth-order valence-electron chi connectivity index (χ4n) is 2.01. The van der Waals surface area contributed by atoms with E-state index in [-0.39, 0.29) is 0 Å². The first-order valence-electron chi connectivity index (χ1n) is 5.89. The van der Waals surface area contributed by atoms with E-state index in [9.17, 15) is 0 Å². The SMILES string of the molecule is CNc1nc(Cc2ccc(C)cc2C)c(C)[nH]1. The average Bonchev–Trinajstić information content (AvgIpc) is 2.64. The van der Waals surface area contributed by atoms with Crippen molar-refractivity contribution in [3.8, 4) is 0 Å². The fraction of sp³-hybridized carbons (Fsp3) is 0.357. The maximum atomic E-state index is 4.52. The van der Waals surface area contributed by atoms with Crippen LogP contribution in [0.2, 0.25) is 0 Å². The monoisotopic (exact) mass is 229 g/mol. The van der Waals surface area contributed by atoms with E-state index in [0.29, 0.717) is 0 Å². The molecule has 0 bridgehead atoms. The van der Waals surface area contributed by atoms with Crippen LogP contribution >= 0.6 is 0 Å². The largest absolute Gasteiger partial charge is 0.359 e. The van der Waals surface area contributed by atoms with Gasteiger partial charge in [-0.05, 0) is 31.9 Å². The van der Waals surface area contributed by atoms with Crippen molar-refractivity contribution in [3.63, 3.8) is 0 Å². The third-order valence-corrected chi connectivity index (χ3v) is 3.08. The summed E-state index contributed by atoms with van der Waals surface area (Å²) in [5.74, 6) is 0.835. The zero-order valence-corrected chi connectivity index (χ0v) is 10.9. The van der Waals surface area contributed by atoms with Gasteiger partial charge in [0.1, 0.15) is 0 Å². The molecule has 90 valence electrons. The van der Waals surface area contributed by atoms with E-state index in [4.69, 9.17) is 0 Å². The summed E-state index contributed by atoms with van der Waals surface area (Å²) in [5, 5.41) is 3.03. The van der Waals surface area contributed by atoms with Crippen molar-refractivity contribution in [1.29, 1.82) is 0 Å². The minimum absolute atomic E-state index is 0.835. The van der Waals surface area contributed by atoms with Gasteiger partial charge in [0, 0.05) is 19.2 Å². The molecule has 0 aliphatic heterocycles. The number of nitrogens with zero attached hydrogens (tertiary/aromatic N) is 1. The third-order valence-electron chi connectivity index (χ3n) is 3.08. The van der Waals surface area contributed by atoms with E-state index < -0.39 is 0 Å². The van der Waals surface area contributed by atoms with Crippen molar-refractivity contribution in [3.05, 3.63) is 46.3 Å². The van der Waals surface area contributed by atoms with E-state index in [2.05, 4.69) is 54.3 Å². The van der Waals surface area contributed by atoms with E-state index in [1.807, 2.05) is 7.05 Å². The van der Waals surface area contributed by atoms with E-state index in [1.54, 1.807) is 0 Å². The molecule has 0 spiro atoms. The molecule has 0 aliphatic carbocycles. The summed E-state index contributed by atoms with van der Waals surface area (Å²) in [7, 11) is 1.87. The minimum atomic E-state index is 0.835. The Morgan fingerprint density at radius 1 is 1.24 bits per heavy atom. The Hall–Kier alpha value is -1.77. The molecule has 0 fully saturated rings. The number of H-pyrrole nitrogens is 1. The fourth-order valence-corrected chi connectivity index (χ4v) is 2.01. The highest BCUT2D eigenvalue weighted by molar-refractivity contribution is 5.37. The molecule has 0 atom stereocenters. The Bertz CT molecular complexity index is 526. The first kappa shape index (κ1) is 11.7. The lowest BCUT2D eigenvalue weighted by molar-refractivity contribution is 1.06. The van der Waals surface area contributed by atoms with Gasteiger partial charge < -0.3 is 10.3 Å². The Morgan fingerprint density at radius 3 is 2.59 bits per heavy atom. The van der Waals surface area contributed by atoms with Gasteiger partial charge in [0.05, 0.1) is 5.69 Å². The van der Waals surface area contributed by atoms with Gasteiger partial charge in [0.2, 0.25) is 0 Å². The van der Waals surface area contributed by atoms with Crippen LogP contribution in [0.4, 0.5) is 5.95 Å². The second kappa shape index (κ2) is 4.62. The van der Waals surface area contributed by atoms with Crippen LogP contribution in [0.15, 0.2) is 18.2 Å². The summed E-state index contributed by atoms with van der Waals surface area (Å²) >= 11 is 0. The Morgan fingerprint density at radius 2 is 2.00 bits per heavy atom. The number of benzene rings is 1. The number of aromatic amines is 1. The lowest BCUT2D eigenvalue weighted by Crippen LogP contribution is -1.95. The minimum Gasteiger partial charge on any atom is -0.359 e. The predicted molar refractivity (Wildman–Crippen MR) is 71.6 cm³/mol. The third kappa shape index (κ3) is 2.49. The Labute approximate surface area is 102 Å². The quantitative estimate of drug-likeness (QED) is 0.849. The van der Waals surface area contributed by atoms with Crippen LogP contribution < -0.4 is 5.32 Å². The first-order valence-corrected chi connectivity index (χ1v) is 5.89. The summed E-state index contributed by atoms with van der Waals surface area (Å²) in [6, 6.07) is 6.57. The van der Waals surface area contributed by atoms with Gasteiger partial charge >= 0.3 is 0 Å². The van der Waals surface area contributed by atoms with Gasteiger partial charge in [-0.25, -0.2) is 4.98 Å². The second-order valence-electron chi connectivity index (χ2n) is 4.51. The van der Waals surface area contributed by atoms with Crippen molar-refractivity contribution in [2.45, 2.75) is 27.2 Å². The Kier molecular flexibility index (Phi) is 3.18. The lowest BCUT2D eigenvalue weighted by atomic mass is 10.0. The molecule has 1 heterocycles. The summed E-state index contributed by atoms with van der Waals surface area (Å²) in [6.45, 7) is 6.34. The van der Waals surface area contributed by atoms with Gasteiger partial charge in [0.25, 0.3) is 0 Å². The molecule has 2 N–H and O–H groups in total. The van der Waals surface area contributed by atoms with Crippen molar-refractivity contribution in [1.82, 2.24) is 9.97 Å². The molecule has 0 aliphatic rings. The molecule has 2 aromatic rings. The van der Waals surface area contributed by atoms with Crippen molar-refractivity contribution < 1.29 is 0 Å². The molecule has 0 saturated heterocycles. The van der Waals surface area contributed by atoms with Crippen LogP contribution in [0.25, 0.3) is 0 Å². The average molecular weight is 229 g/mol. The van der Waals surface area contributed by atoms with Crippen LogP contribution in [-0.4, -0.2) is 17.0 Å². The molecular weight excluding hydrogens is 210 g/mol. The standard InChI is InChI=1S/C14H19N3/c1-9-5-6-12(10(2)7-9)8-13-11(3)16-14(15-4)17-13/h5-7H,8H2,1-4H3,(H2,15,16,17). The molecule has 1 aromatic carbocycles. The lowest BCUT2D eigenvalue weighted by Gasteiger charge is -2.05. The molecule has 17 heavy (non-hydrogen) atoms. The molecule has 3 nitrogen and oxygen atoms in total. The van der Waals surface area contributed by atoms with E-state index in [1.165, 1.54) is 16.7 Å².